The Hall–Kier alpha value is -3.90. The van der Waals surface area contributed by atoms with E-state index in [1.807, 2.05) is 47.1 Å². The molecule has 0 saturated carbocycles. The highest BCUT2D eigenvalue weighted by Crippen LogP contribution is 2.46. The van der Waals surface area contributed by atoms with Gasteiger partial charge in [0.05, 0.1) is 22.8 Å². The van der Waals surface area contributed by atoms with Crippen LogP contribution in [0.25, 0.3) is 0 Å². The maximum Gasteiger partial charge on any atom is 0.410 e. The molecule has 244 valence electrons. The second-order valence-corrected chi connectivity index (χ2v) is 16.1. The quantitative estimate of drug-likeness (QED) is 0.420. The minimum absolute atomic E-state index is 0.0500. The van der Waals surface area contributed by atoms with Crippen molar-refractivity contribution in [3.8, 4) is 5.75 Å². The molecule has 2 aromatic carbocycles. The largest absolute Gasteiger partial charge is 0.483 e. The van der Waals surface area contributed by atoms with Crippen LogP contribution in [0.1, 0.15) is 55.0 Å². The van der Waals surface area contributed by atoms with Crippen molar-refractivity contribution in [1.82, 2.24) is 19.8 Å². The average Bonchev–Trinajstić information content (AvgIpc) is 3.22. The molecule has 1 unspecified atom stereocenters. The molecule has 1 N–H and O–H groups in total. The van der Waals surface area contributed by atoms with Crippen LogP contribution in [-0.2, 0) is 21.2 Å². The first-order valence-electron chi connectivity index (χ1n) is 16.1. The van der Waals surface area contributed by atoms with Crippen molar-refractivity contribution in [2.24, 2.45) is 5.41 Å². The lowest BCUT2D eigenvalue weighted by Crippen LogP contribution is -2.55. The number of hydrogen-bond acceptors (Lipinski definition) is 10. The van der Waals surface area contributed by atoms with Crippen molar-refractivity contribution in [1.29, 1.82) is 0 Å². The lowest BCUT2D eigenvalue weighted by atomic mass is 9.81. The number of nitrogens with zero attached hydrogens (tertiary/aromatic N) is 5. The van der Waals surface area contributed by atoms with E-state index in [0.717, 1.165) is 47.0 Å². The molecule has 46 heavy (non-hydrogen) atoms. The van der Waals surface area contributed by atoms with Gasteiger partial charge in [-0.25, -0.2) is 23.2 Å². The van der Waals surface area contributed by atoms with E-state index in [0.29, 0.717) is 37.9 Å². The molecule has 1 aromatic heterocycles. The minimum atomic E-state index is -3.02. The SMILES string of the molecule is Cc1cc(C2CN(C3CN(C(=O)OCc4ccccc4)CC3(C)C)C2)cc2c1O[C@H](C)c1c(ncnc1N1CCS(=O)(=O)CC1)N2. The van der Waals surface area contributed by atoms with Crippen LogP contribution in [-0.4, -0.2) is 91.1 Å². The fourth-order valence-corrected chi connectivity index (χ4v) is 8.54. The van der Waals surface area contributed by atoms with Gasteiger partial charge in [0.25, 0.3) is 0 Å². The number of ether oxygens (including phenoxy) is 2. The second kappa shape index (κ2) is 11.7. The Balaban J connectivity index is 1.03. The number of carbonyl (C=O) groups is 1. The molecule has 0 bridgehead atoms. The first-order valence-corrected chi connectivity index (χ1v) is 17.9. The fourth-order valence-electron chi connectivity index (χ4n) is 7.34. The van der Waals surface area contributed by atoms with Crippen LogP contribution in [0.4, 0.5) is 22.1 Å². The molecule has 3 saturated heterocycles. The number of benzene rings is 2. The predicted molar refractivity (Wildman–Crippen MR) is 176 cm³/mol. The van der Waals surface area contributed by atoms with Crippen LogP contribution in [0.2, 0.25) is 0 Å². The molecule has 12 heteroatoms. The van der Waals surface area contributed by atoms with Gasteiger partial charge in [0.2, 0.25) is 0 Å². The van der Waals surface area contributed by atoms with E-state index >= 15 is 0 Å². The van der Waals surface area contributed by atoms with Gasteiger partial charge in [0, 0.05) is 51.2 Å². The fraction of sp³-hybridized carbons (Fsp3) is 0.500. The topological polar surface area (TPSA) is 117 Å². The highest BCUT2D eigenvalue weighted by Gasteiger charge is 2.48. The summed E-state index contributed by atoms with van der Waals surface area (Å²) in [7, 11) is -3.02. The molecular formula is C34H42N6O5S. The van der Waals surface area contributed by atoms with Gasteiger partial charge < -0.3 is 24.6 Å². The molecule has 4 aliphatic heterocycles. The van der Waals surface area contributed by atoms with E-state index in [4.69, 9.17) is 9.47 Å². The zero-order valence-corrected chi connectivity index (χ0v) is 27.7. The number of aryl methyl sites for hydroxylation is 1. The predicted octanol–water partition coefficient (Wildman–Crippen LogP) is 4.66. The summed E-state index contributed by atoms with van der Waals surface area (Å²) in [5.74, 6) is 2.78. The number of nitrogens with one attached hydrogen (secondary N) is 1. The van der Waals surface area contributed by atoms with E-state index in [1.165, 1.54) is 11.9 Å². The van der Waals surface area contributed by atoms with Gasteiger partial charge in [-0.05, 0) is 42.0 Å². The van der Waals surface area contributed by atoms with Gasteiger partial charge in [-0.3, -0.25) is 4.90 Å². The standard InChI is InChI=1S/C34H42N6O5S/c1-22-14-25(26-16-39(17-26)28-18-40(20-34(28,3)4)33(41)44-19-24-8-6-5-7-9-24)15-27-30(22)45-23(2)29-31(37-27)35-21-36-32(29)38-10-12-46(42,43)13-11-38/h5-9,14-15,21,23,26,28H,10-13,16-20H2,1-4H3,(H,35,36,37)/t23-,28?/m1/s1. The molecular weight excluding hydrogens is 604 g/mol. The number of amides is 1. The number of anilines is 3. The number of hydrogen-bond donors (Lipinski definition) is 1. The van der Waals surface area contributed by atoms with Crippen molar-refractivity contribution in [2.75, 3.05) is 61.0 Å². The highest BCUT2D eigenvalue weighted by molar-refractivity contribution is 7.91. The van der Waals surface area contributed by atoms with Crippen molar-refractivity contribution in [3.63, 3.8) is 0 Å². The summed E-state index contributed by atoms with van der Waals surface area (Å²) < 4.78 is 36.3. The smallest absolute Gasteiger partial charge is 0.410 e. The number of fused-ring (bicyclic) bond motifs is 2. The summed E-state index contributed by atoms with van der Waals surface area (Å²) in [4.78, 5) is 28.5. The van der Waals surface area contributed by atoms with Crippen molar-refractivity contribution in [3.05, 3.63) is 71.0 Å². The van der Waals surface area contributed by atoms with Crippen molar-refractivity contribution >= 4 is 33.3 Å². The Bertz CT molecular complexity index is 1730. The first-order chi connectivity index (χ1) is 22.0. The van der Waals surface area contributed by atoms with E-state index in [2.05, 4.69) is 53.1 Å². The maximum absolute atomic E-state index is 12.9. The summed E-state index contributed by atoms with van der Waals surface area (Å²) >= 11 is 0. The van der Waals surface area contributed by atoms with Crippen LogP contribution in [0.5, 0.6) is 5.75 Å². The molecule has 0 spiro atoms. The summed E-state index contributed by atoms with van der Waals surface area (Å²) in [6.07, 6.45) is 0.956. The Morgan fingerprint density at radius 1 is 1.09 bits per heavy atom. The number of aromatic nitrogens is 2. The van der Waals surface area contributed by atoms with E-state index in [-0.39, 0.29) is 41.8 Å². The molecule has 11 nitrogen and oxygen atoms in total. The molecule has 1 amide bonds. The summed E-state index contributed by atoms with van der Waals surface area (Å²) in [5, 5.41) is 3.54. The number of sulfone groups is 1. The highest BCUT2D eigenvalue weighted by atomic mass is 32.2. The first kappa shape index (κ1) is 30.7. The average molecular weight is 647 g/mol. The molecule has 2 atom stereocenters. The summed E-state index contributed by atoms with van der Waals surface area (Å²) in [5.41, 5.74) is 4.93. The Morgan fingerprint density at radius 3 is 2.57 bits per heavy atom. The third kappa shape index (κ3) is 5.88. The Morgan fingerprint density at radius 2 is 1.83 bits per heavy atom. The van der Waals surface area contributed by atoms with Gasteiger partial charge in [-0.1, -0.05) is 50.2 Å². The Labute approximate surface area is 270 Å². The molecule has 7 rings (SSSR count). The summed E-state index contributed by atoms with van der Waals surface area (Å²) in [6.45, 7) is 12.8. The number of carbonyl (C=O) groups excluding carboxylic acids is 1. The normalized spacial score (nSPS) is 23.7. The number of likely N-dealkylation sites (tertiary alicyclic amines) is 2. The third-order valence-corrected chi connectivity index (χ3v) is 11.5. The van der Waals surface area contributed by atoms with E-state index < -0.39 is 9.84 Å². The number of rotatable bonds is 5. The minimum Gasteiger partial charge on any atom is -0.483 e. The third-order valence-electron chi connectivity index (χ3n) is 9.94. The molecule has 4 aliphatic rings. The molecule has 0 radical (unpaired) electrons. The van der Waals surface area contributed by atoms with Crippen LogP contribution >= 0.6 is 0 Å². The monoisotopic (exact) mass is 646 g/mol. The lowest BCUT2D eigenvalue weighted by molar-refractivity contribution is 0.0486. The van der Waals surface area contributed by atoms with Crippen LogP contribution in [0.15, 0.2) is 48.8 Å². The van der Waals surface area contributed by atoms with E-state index in [9.17, 15) is 13.2 Å². The van der Waals surface area contributed by atoms with Crippen molar-refractivity contribution in [2.45, 2.75) is 52.4 Å². The Kier molecular flexibility index (Phi) is 7.83. The molecule has 3 aromatic rings. The zero-order chi connectivity index (χ0) is 32.2. The zero-order valence-electron chi connectivity index (χ0n) is 26.9. The van der Waals surface area contributed by atoms with Crippen LogP contribution in [0.3, 0.4) is 0 Å². The summed E-state index contributed by atoms with van der Waals surface area (Å²) in [6, 6.07) is 14.4. The molecule has 5 heterocycles. The molecule has 3 fully saturated rings. The van der Waals surface area contributed by atoms with Gasteiger partial charge in [0.1, 0.15) is 36.4 Å². The lowest BCUT2D eigenvalue weighted by Gasteiger charge is -2.47. The van der Waals surface area contributed by atoms with E-state index in [1.54, 1.807) is 0 Å². The van der Waals surface area contributed by atoms with Gasteiger partial charge in [-0.2, -0.15) is 0 Å². The van der Waals surface area contributed by atoms with Crippen LogP contribution in [0, 0.1) is 12.3 Å². The van der Waals surface area contributed by atoms with Gasteiger partial charge >= 0.3 is 6.09 Å². The second-order valence-electron chi connectivity index (χ2n) is 13.8. The van der Waals surface area contributed by atoms with Gasteiger partial charge in [-0.15, -0.1) is 0 Å². The van der Waals surface area contributed by atoms with Gasteiger partial charge in [0.15, 0.2) is 9.84 Å². The maximum atomic E-state index is 12.9. The van der Waals surface area contributed by atoms with Crippen molar-refractivity contribution < 1.29 is 22.7 Å². The molecule has 0 aliphatic carbocycles. The van der Waals surface area contributed by atoms with Crippen LogP contribution < -0.4 is 15.0 Å².